The fourth-order valence-electron chi connectivity index (χ4n) is 1.05. The Kier molecular flexibility index (Phi) is 4.59. The molecule has 1 rings (SSSR count). The summed E-state index contributed by atoms with van der Waals surface area (Å²) in [7, 11) is 1.60. The van der Waals surface area contributed by atoms with Gasteiger partial charge in [-0.1, -0.05) is 6.07 Å². The number of hydrazine groups is 1. The maximum absolute atomic E-state index is 11.2. The summed E-state index contributed by atoms with van der Waals surface area (Å²) >= 11 is 0. The van der Waals surface area contributed by atoms with E-state index in [1.165, 1.54) is 0 Å². The second-order valence-corrected chi connectivity index (χ2v) is 2.84. The summed E-state index contributed by atoms with van der Waals surface area (Å²) in [5, 5.41) is 0. The Morgan fingerprint density at radius 1 is 1.47 bits per heavy atom. The molecule has 3 N–H and O–H groups in total. The van der Waals surface area contributed by atoms with Crippen molar-refractivity contribution in [1.29, 1.82) is 0 Å². The molecule has 82 valence electrons. The fraction of sp³-hybridized carbons (Fsp3) is 0.300. The molecule has 0 radical (unpaired) electrons. The minimum absolute atomic E-state index is 0.341. The van der Waals surface area contributed by atoms with E-state index >= 15 is 0 Å². The highest BCUT2D eigenvalue weighted by Gasteiger charge is 2.03. The molecule has 0 bridgehead atoms. The minimum atomic E-state index is -0.341. The average molecular weight is 210 g/mol. The summed E-state index contributed by atoms with van der Waals surface area (Å²) in [6.45, 7) is 0.956. The van der Waals surface area contributed by atoms with Crippen LogP contribution in [0.3, 0.4) is 0 Å². The number of ether oxygens (including phenoxy) is 2. The molecule has 1 amide bonds. The standard InChI is InChI=1S/C10H14N2O3/c1-14-5-6-15-9-4-2-3-8(7-9)10(13)12-11/h2-4,7H,5-6,11H2,1H3,(H,12,13). The van der Waals surface area contributed by atoms with Gasteiger partial charge in [0.05, 0.1) is 6.61 Å². The first-order valence-corrected chi connectivity index (χ1v) is 4.50. The van der Waals surface area contributed by atoms with Gasteiger partial charge in [-0.25, -0.2) is 5.84 Å². The first-order chi connectivity index (χ1) is 7.27. The summed E-state index contributed by atoms with van der Waals surface area (Å²) in [5.74, 6) is 5.29. The molecule has 0 heterocycles. The van der Waals surface area contributed by atoms with Crippen LogP contribution in [0, 0.1) is 0 Å². The highest BCUT2D eigenvalue weighted by atomic mass is 16.5. The van der Waals surface area contributed by atoms with Crippen LogP contribution >= 0.6 is 0 Å². The lowest BCUT2D eigenvalue weighted by Gasteiger charge is -2.06. The van der Waals surface area contributed by atoms with E-state index in [1.807, 2.05) is 0 Å². The Balaban J connectivity index is 2.62. The topological polar surface area (TPSA) is 73.6 Å². The molecule has 15 heavy (non-hydrogen) atoms. The third-order valence-electron chi connectivity index (χ3n) is 1.78. The molecule has 1 aromatic rings. The van der Waals surface area contributed by atoms with Gasteiger partial charge in [0.25, 0.3) is 5.91 Å². The number of nitrogens with two attached hydrogens (primary N) is 1. The second-order valence-electron chi connectivity index (χ2n) is 2.84. The van der Waals surface area contributed by atoms with Gasteiger partial charge < -0.3 is 9.47 Å². The van der Waals surface area contributed by atoms with Crippen LogP contribution in [0.4, 0.5) is 0 Å². The monoisotopic (exact) mass is 210 g/mol. The fourth-order valence-corrected chi connectivity index (χ4v) is 1.05. The predicted octanol–water partition coefficient (Wildman–Crippen LogP) is 0.315. The summed E-state index contributed by atoms with van der Waals surface area (Å²) in [5.41, 5.74) is 2.52. The number of nitrogen functional groups attached to an aromatic ring is 1. The second kappa shape index (κ2) is 6.00. The molecule has 0 saturated carbocycles. The quantitative estimate of drug-likeness (QED) is 0.317. The van der Waals surface area contributed by atoms with Crippen LogP contribution in [-0.2, 0) is 4.74 Å². The predicted molar refractivity (Wildman–Crippen MR) is 55.5 cm³/mol. The van der Waals surface area contributed by atoms with Crippen molar-refractivity contribution in [1.82, 2.24) is 5.43 Å². The molecular weight excluding hydrogens is 196 g/mol. The molecular formula is C10H14N2O3. The summed E-state index contributed by atoms with van der Waals surface area (Å²) in [6.07, 6.45) is 0. The highest BCUT2D eigenvalue weighted by molar-refractivity contribution is 5.94. The van der Waals surface area contributed by atoms with Gasteiger partial charge in [-0.3, -0.25) is 10.2 Å². The average Bonchev–Trinajstić information content (AvgIpc) is 2.29. The molecule has 0 spiro atoms. The maximum atomic E-state index is 11.2. The van der Waals surface area contributed by atoms with Gasteiger partial charge in [0.1, 0.15) is 12.4 Å². The van der Waals surface area contributed by atoms with Crippen molar-refractivity contribution in [2.75, 3.05) is 20.3 Å². The number of carbonyl (C=O) groups excluding carboxylic acids is 1. The van der Waals surface area contributed by atoms with E-state index < -0.39 is 0 Å². The van der Waals surface area contributed by atoms with Crippen molar-refractivity contribution in [3.05, 3.63) is 29.8 Å². The summed E-state index contributed by atoms with van der Waals surface area (Å²) < 4.78 is 10.2. The van der Waals surface area contributed by atoms with Crippen molar-refractivity contribution in [3.8, 4) is 5.75 Å². The third kappa shape index (κ3) is 3.57. The highest BCUT2D eigenvalue weighted by Crippen LogP contribution is 2.12. The van der Waals surface area contributed by atoms with E-state index in [2.05, 4.69) is 5.43 Å². The van der Waals surface area contributed by atoms with E-state index in [9.17, 15) is 4.79 Å². The molecule has 0 aliphatic rings. The number of hydrogen-bond donors (Lipinski definition) is 2. The van der Waals surface area contributed by atoms with Gasteiger partial charge in [0.15, 0.2) is 0 Å². The zero-order valence-electron chi connectivity index (χ0n) is 8.53. The maximum Gasteiger partial charge on any atom is 0.265 e. The van der Waals surface area contributed by atoms with Crippen LogP contribution in [0.15, 0.2) is 24.3 Å². The number of amides is 1. The zero-order valence-corrected chi connectivity index (χ0v) is 8.53. The van der Waals surface area contributed by atoms with Gasteiger partial charge in [-0.2, -0.15) is 0 Å². The molecule has 0 atom stereocenters. The molecule has 0 fully saturated rings. The molecule has 1 aromatic carbocycles. The summed E-state index contributed by atoms with van der Waals surface area (Å²) in [6, 6.07) is 6.78. The van der Waals surface area contributed by atoms with Crippen molar-refractivity contribution >= 4 is 5.91 Å². The lowest BCUT2D eigenvalue weighted by atomic mass is 10.2. The van der Waals surface area contributed by atoms with Gasteiger partial charge in [0, 0.05) is 12.7 Å². The van der Waals surface area contributed by atoms with E-state index in [1.54, 1.807) is 31.4 Å². The van der Waals surface area contributed by atoms with Crippen LogP contribution in [0.25, 0.3) is 0 Å². The van der Waals surface area contributed by atoms with Crippen molar-refractivity contribution in [2.45, 2.75) is 0 Å². The first kappa shape index (κ1) is 11.5. The number of benzene rings is 1. The van der Waals surface area contributed by atoms with Crippen LogP contribution in [-0.4, -0.2) is 26.2 Å². The van der Waals surface area contributed by atoms with Crippen molar-refractivity contribution in [2.24, 2.45) is 5.84 Å². The number of carbonyl (C=O) groups is 1. The molecule has 0 saturated heterocycles. The van der Waals surface area contributed by atoms with Gasteiger partial charge in [0.2, 0.25) is 0 Å². The number of methoxy groups -OCH3 is 1. The van der Waals surface area contributed by atoms with Crippen LogP contribution in [0.1, 0.15) is 10.4 Å². The molecule has 0 aromatic heterocycles. The van der Waals surface area contributed by atoms with Gasteiger partial charge in [-0.05, 0) is 18.2 Å². The van der Waals surface area contributed by atoms with Gasteiger partial charge in [-0.15, -0.1) is 0 Å². The summed E-state index contributed by atoms with van der Waals surface area (Å²) in [4.78, 5) is 11.2. The normalized spacial score (nSPS) is 9.73. The molecule has 0 aliphatic heterocycles. The van der Waals surface area contributed by atoms with E-state index in [0.717, 1.165) is 0 Å². The van der Waals surface area contributed by atoms with Crippen molar-refractivity contribution < 1.29 is 14.3 Å². The van der Waals surface area contributed by atoms with Crippen LogP contribution < -0.4 is 16.0 Å². The number of rotatable bonds is 5. The van der Waals surface area contributed by atoms with Crippen LogP contribution in [0.5, 0.6) is 5.75 Å². The smallest absolute Gasteiger partial charge is 0.265 e. The number of nitrogens with one attached hydrogen (secondary N) is 1. The van der Waals surface area contributed by atoms with E-state index in [4.69, 9.17) is 15.3 Å². The van der Waals surface area contributed by atoms with Crippen molar-refractivity contribution in [3.63, 3.8) is 0 Å². The van der Waals surface area contributed by atoms with E-state index in [0.29, 0.717) is 24.5 Å². The van der Waals surface area contributed by atoms with E-state index in [-0.39, 0.29) is 5.91 Å². The minimum Gasteiger partial charge on any atom is -0.491 e. The Bertz CT molecular complexity index is 328. The molecule has 0 unspecified atom stereocenters. The molecule has 0 aliphatic carbocycles. The third-order valence-corrected chi connectivity index (χ3v) is 1.78. The first-order valence-electron chi connectivity index (χ1n) is 4.50. The Morgan fingerprint density at radius 3 is 2.93 bits per heavy atom. The number of hydrogen-bond acceptors (Lipinski definition) is 4. The Morgan fingerprint density at radius 2 is 2.27 bits per heavy atom. The lowest BCUT2D eigenvalue weighted by Crippen LogP contribution is -2.29. The Hall–Kier alpha value is -1.59. The molecule has 5 heteroatoms. The van der Waals surface area contributed by atoms with Crippen LogP contribution in [0.2, 0.25) is 0 Å². The zero-order chi connectivity index (χ0) is 11.1. The lowest BCUT2D eigenvalue weighted by molar-refractivity contribution is 0.0953. The Labute approximate surface area is 88.1 Å². The SMILES string of the molecule is COCCOc1cccc(C(=O)NN)c1. The molecule has 5 nitrogen and oxygen atoms in total. The largest absolute Gasteiger partial charge is 0.491 e. The van der Waals surface area contributed by atoms with Gasteiger partial charge >= 0.3 is 0 Å².